The van der Waals surface area contributed by atoms with Gasteiger partial charge < -0.3 is 9.72 Å². The number of aromatic amines is 1. The second-order valence-corrected chi connectivity index (χ2v) is 5.25. The van der Waals surface area contributed by atoms with E-state index in [9.17, 15) is 0 Å². The summed E-state index contributed by atoms with van der Waals surface area (Å²) in [6.45, 7) is 4.56. The van der Waals surface area contributed by atoms with Gasteiger partial charge in [-0.3, -0.25) is 4.90 Å². The van der Waals surface area contributed by atoms with Crippen LogP contribution >= 0.6 is 0 Å². The molecule has 1 heterocycles. The SMILES string of the molecule is CCOc1cccc(CN(Cc2ncc[nH]2)C2CC2)c1. The molecule has 1 fully saturated rings. The summed E-state index contributed by atoms with van der Waals surface area (Å²) in [5, 5.41) is 0. The van der Waals surface area contributed by atoms with Crippen molar-refractivity contribution >= 4 is 0 Å². The van der Waals surface area contributed by atoms with Gasteiger partial charge in [0.25, 0.3) is 0 Å². The molecule has 1 aliphatic carbocycles. The number of nitrogens with one attached hydrogen (secondary N) is 1. The second-order valence-electron chi connectivity index (χ2n) is 5.25. The van der Waals surface area contributed by atoms with E-state index in [1.54, 1.807) is 0 Å². The number of ether oxygens (including phenoxy) is 1. The minimum absolute atomic E-state index is 0.704. The van der Waals surface area contributed by atoms with Crippen molar-refractivity contribution in [3.8, 4) is 5.75 Å². The third-order valence-corrected chi connectivity index (χ3v) is 3.57. The fourth-order valence-corrected chi connectivity index (χ4v) is 2.47. The maximum absolute atomic E-state index is 5.57. The highest BCUT2D eigenvalue weighted by Crippen LogP contribution is 2.29. The van der Waals surface area contributed by atoms with Crippen LogP contribution in [0.15, 0.2) is 36.7 Å². The van der Waals surface area contributed by atoms with Crippen molar-refractivity contribution < 1.29 is 4.74 Å². The van der Waals surface area contributed by atoms with Crippen LogP contribution < -0.4 is 4.74 Å². The predicted octanol–water partition coefficient (Wildman–Crippen LogP) is 2.97. The zero-order valence-corrected chi connectivity index (χ0v) is 11.9. The average Bonchev–Trinajstić information content (AvgIpc) is 3.18. The van der Waals surface area contributed by atoms with E-state index >= 15 is 0 Å². The number of H-pyrrole nitrogens is 1. The Morgan fingerprint density at radius 3 is 2.95 bits per heavy atom. The number of hydrogen-bond donors (Lipinski definition) is 1. The largest absolute Gasteiger partial charge is 0.494 e. The van der Waals surface area contributed by atoms with Gasteiger partial charge in [-0.25, -0.2) is 4.98 Å². The zero-order valence-electron chi connectivity index (χ0n) is 11.9. The molecular weight excluding hydrogens is 250 g/mol. The first-order valence-corrected chi connectivity index (χ1v) is 7.29. The monoisotopic (exact) mass is 271 g/mol. The minimum Gasteiger partial charge on any atom is -0.494 e. The molecule has 0 radical (unpaired) electrons. The first-order chi connectivity index (χ1) is 9.85. The molecule has 0 spiro atoms. The molecule has 20 heavy (non-hydrogen) atoms. The number of imidazole rings is 1. The van der Waals surface area contributed by atoms with Crippen molar-refractivity contribution in [1.29, 1.82) is 0 Å². The summed E-state index contributed by atoms with van der Waals surface area (Å²) in [6.07, 6.45) is 6.30. The summed E-state index contributed by atoms with van der Waals surface area (Å²) in [6, 6.07) is 9.09. The number of nitrogens with zero attached hydrogens (tertiary/aromatic N) is 2. The van der Waals surface area contributed by atoms with Crippen molar-refractivity contribution in [1.82, 2.24) is 14.9 Å². The van der Waals surface area contributed by atoms with Crippen molar-refractivity contribution in [3.05, 3.63) is 48.0 Å². The third-order valence-electron chi connectivity index (χ3n) is 3.57. The van der Waals surface area contributed by atoms with Crippen molar-refractivity contribution in [3.63, 3.8) is 0 Å². The topological polar surface area (TPSA) is 41.1 Å². The zero-order chi connectivity index (χ0) is 13.8. The Hall–Kier alpha value is -1.81. The molecule has 0 atom stereocenters. The molecule has 106 valence electrons. The molecule has 1 aromatic carbocycles. The van der Waals surface area contributed by atoms with E-state index in [-0.39, 0.29) is 0 Å². The van der Waals surface area contributed by atoms with Crippen LogP contribution in [0.4, 0.5) is 0 Å². The van der Waals surface area contributed by atoms with Crippen LogP contribution in [-0.2, 0) is 13.1 Å². The highest BCUT2D eigenvalue weighted by molar-refractivity contribution is 5.28. The number of rotatable bonds is 7. The molecule has 0 unspecified atom stereocenters. The van der Waals surface area contributed by atoms with Crippen LogP contribution in [-0.4, -0.2) is 27.5 Å². The fourth-order valence-electron chi connectivity index (χ4n) is 2.47. The maximum Gasteiger partial charge on any atom is 0.120 e. The molecule has 4 heteroatoms. The van der Waals surface area contributed by atoms with E-state index in [0.29, 0.717) is 12.6 Å². The van der Waals surface area contributed by atoms with Crippen LogP contribution in [0, 0.1) is 0 Å². The first-order valence-electron chi connectivity index (χ1n) is 7.29. The van der Waals surface area contributed by atoms with Crippen molar-refractivity contribution in [2.24, 2.45) is 0 Å². The Morgan fingerprint density at radius 2 is 2.25 bits per heavy atom. The Morgan fingerprint density at radius 1 is 1.35 bits per heavy atom. The lowest BCUT2D eigenvalue weighted by molar-refractivity contribution is 0.239. The molecular formula is C16H21N3O. The quantitative estimate of drug-likeness (QED) is 0.841. The normalized spacial score (nSPS) is 14.7. The van der Waals surface area contributed by atoms with E-state index in [0.717, 1.165) is 24.7 Å². The Labute approximate surface area is 119 Å². The van der Waals surface area contributed by atoms with E-state index in [1.165, 1.54) is 18.4 Å². The molecule has 1 saturated carbocycles. The predicted molar refractivity (Wildman–Crippen MR) is 78.5 cm³/mol. The van der Waals surface area contributed by atoms with Gasteiger partial charge in [0.2, 0.25) is 0 Å². The standard InChI is InChI=1S/C16H21N3O/c1-2-20-15-5-3-4-13(10-15)11-19(14-6-7-14)12-16-17-8-9-18-16/h3-5,8-10,14H,2,6-7,11-12H2,1H3,(H,17,18). The summed E-state index contributed by atoms with van der Waals surface area (Å²) in [4.78, 5) is 10.0. The van der Waals surface area contributed by atoms with E-state index in [4.69, 9.17) is 4.74 Å². The number of aromatic nitrogens is 2. The first kappa shape index (κ1) is 13.2. The summed E-state index contributed by atoms with van der Waals surface area (Å²) in [5.41, 5.74) is 1.30. The van der Waals surface area contributed by atoms with Crippen LogP contribution in [0.3, 0.4) is 0 Å². The Bertz CT molecular complexity index is 534. The second kappa shape index (κ2) is 6.09. The molecule has 0 amide bonds. The van der Waals surface area contributed by atoms with Gasteiger partial charge in [-0.15, -0.1) is 0 Å². The van der Waals surface area contributed by atoms with Gasteiger partial charge in [-0.1, -0.05) is 12.1 Å². The average molecular weight is 271 g/mol. The lowest BCUT2D eigenvalue weighted by atomic mass is 10.2. The molecule has 0 bridgehead atoms. The van der Waals surface area contributed by atoms with Crippen LogP contribution in [0.2, 0.25) is 0 Å². The molecule has 0 aliphatic heterocycles. The van der Waals surface area contributed by atoms with E-state index < -0.39 is 0 Å². The molecule has 1 aliphatic rings. The summed E-state index contributed by atoms with van der Waals surface area (Å²) in [7, 11) is 0. The fraction of sp³-hybridized carbons (Fsp3) is 0.438. The highest BCUT2D eigenvalue weighted by Gasteiger charge is 2.29. The van der Waals surface area contributed by atoms with Gasteiger partial charge in [-0.05, 0) is 37.5 Å². The van der Waals surface area contributed by atoms with Crippen molar-refractivity contribution in [2.75, 3.05) is 6.61 Å². The molecule has 1 aromatic heterocycles. The van der Waals surface area contributed by atoms with Crippen LogP contribution in [0.1, 0.15) is 31.2 Å². The molecule has 2 aromatic rings. The Balaban J connectivity index is 1.68. The molecule has 0 saturated heterocycles. The molecule has 4 nitrogen and oxygen atoms in total. The van der Waals surface area contributed by atoms with Gasteiger partial charge in [0.15, 0.2) is 0 Å². The number of hydrogen-bond acceptors (Lipinski definition) is 3. The summed E-state index contributed by atoms with van der Waals surface area (Å²) in [5.74, 6) is 2.00. The summed E-state index contributed by atoms with van der Waals surface area (Å²) >= 11 is 0. The van der Waals surface area contributed by atoms with Gasteiger partial charge in [-0.2, -0.15) is 0 Å². The smallest absolute Gasteiger partial charge is 0.120 e. The Kier molecular flexibility index (Phi) is 4.02. The van der Waals surface area contributed by atoms with Gasteiger partial charge in [0, 0.05) is 25.0 Å². The minimum atomic E-state index is 0.704. The van der Waals surface area contributed by atoms with Gasteiger partial charge in [0.1, 0.15) is 11.6 Å². The van der Waals surface area contributed by atoms with E-state index in [1.807, 2.05) is 25.4 Å². The van der Waals surface area contributed by atoms with E-state index in [2.05, 4.69) is 33.1 Å². The maximum atomic E-state index is 5.57. The number of benzene rings is 1. The van der Waals surface area contributed by atoms with Crippen LogP contribution in [0.5, 0.6) is 5.75 Å². The molecule has 1 N–H and O–H groups in total. The summed E-state index contributed by atoms with van der Waals surface area (Å²) < 4.78 is 5.57. The van der Waals surface area contributed by atoms with Crippen LogP contribution in [0.25, 0.3) is 0 Å². The van der Waals surface area contributed by atoms with Crippen molar-refractivity contribution in [2.45, 2.75) is 38.9 Å². The van der Waals surface area contributed by atoms with Gasteiger partial charge in [0.05, 0.1) is 13.2 Å². The third kappa shape index (κ3) is 3.39. The lowest BCUT2D eigenvalue weighted by Gasteiger charge is -2.21. The van der Waals surface area contributed by atoms with Gasteiger partial charge >= 0.3 is 0 Å². The lowest BCUT2D eigenvalue weighted by Crippen LogP contribution is -2.25. The molecule has 3 rings (SSSR count). The highest BCUT2D eigenvalue weighted by atomic mass is 16.5.